The average molecular weight is 384 g/mol. The quantitative estimate of drug-likeness (QED) is 0.473. The Kier molecular flexibility index (Phi) is 4.59. The van der Waals surface area contributed by atoms with Crippen LogP contribution < -0.4 is 10.6 Å². The highest BCUT2D eigenvalue weighted by Gasteiger charge is 2.25. The molecule has 138 valence electrons. The van der Waals surface area contributed by atoms with Crippen LogP contribution >= 0.6 is 11.3 Å². The molecule has 1 saturated carbocycles. The van der Waals surface area contributed by atoms with Crippen molar-refractivity contribution < 1.29 is 14.1 Å². The van der Waals surface area contributed by atoms with E-state index in [1.807, 2.05) is 17.5 Å². The van der Waals surface area contributed by atoms with Crippen molar-refractivity contribution in [3.63, 3.8) is 0 Å². The van der Waals surface area contributed by atoms with Crippen molar-refractivity contribution in [2.24, 2.45) is 0 Å². The Hall–Kier alpha value is -3.20. The Morgan fingerprint density at radius 2 is 2.22 bits per heavy atom. The van der Waals surface area contributed by atoms with Crippen molar-refractivity contribution in [3.05, 3.63) is 63.3 Å². The third-order valence-electron chi connectivity index (χ3n) is 4.11. The van der Waals surface area contributed by atoms with Crippen LogP contribution in [0.2, 0.25) is 0 Å². The fourth-order valence-corrected chi connectivity index (χ4v) is 3.22. The van der Waals surface area contributed by atoms with E-state index in [9.17, 15) is 14.9 Å². The van der Waals surface area contributed by atoms with Crippen LogP contribution in [0.5, 0.6) is 0 Å². The largest absolute Gasteiger partial charge is 0.443 e. The SMILES string of the molecule is O=C(NCc1coc(-c2cccs2)n1)c1ccc(NC2CC2)c([N+](=O)[O-])c1. The first kappa shape index (κ1) is 17.2. The number of hydrogen-bond donors (Lipinski definition) is 2. The highest BCUT2D eigenvalue weighted by atomic mass is 32.1. The normalized spacial score (nSPS) is 13.3. The molecule has 0 saturated heterocycles. The molecule has 3 aromatic rings. The summed E-state index contributed by atoms with van der Waals surface area (Å²) in [6.07, 6.45) is 3.50. The van der Waals surface area contributed by atoms with E-state index in [-0.39, 0.29) is 23.8 Å². The third-order valence-corrected chi connectivity index (χ3v) is 4.97. The van der Waals surface area contributed by atoms with Gasteiger partial charge in [-0.15, -0.1) is 11.3 Å². The van der Waals surface area contributed by atoms with Gasteiger partial charge in [0.25, 0.3) is 11.6 Å². The Labute approximate surface area is 158 Å². The van der Waals surface area contributed by atoms with Gasteiger partial charge in [0, 0.05) is 17.7 Å². The Morgan fingerprint density at radius 1 is 1.37 bits per heavy atom. The molecule has 0 aliphatic heterocycles. The van der Waals surface area contributed by atoms with Gasteiger partial charge in [-0.25, -0.2) is 4.98 Å². The van der Waals surface area contributed by atoms with Crippen molar-refractivity contribution in [1.82, 2.24) is 10.3 Å². The number of hydrogen-bond acceptors (Lipinski definition) is 7. The van der Waals surface area contributed by atoms with E-state index in [2.05, 4.69) is 15.6 Å². The number of nitro benzene ring substituents is 1. The number of oxazole rings is 1. The zero-order valence-electron chi connectivity index (χ0n) is 14.2. The van der Waals surface area contributed by atoms with E-state index >= 15 is 0 Å². The summed E-state index contributed by atoms with van der Waals surface area (Å²) < 4.78 is 5.41. The van der Waals surface area contributed by atoms with Gasteiger partial charge in [-0.05, 0) is 36.4 Å². The first-order chi connectivity index (χ1) is 13.1. The van der Waals surface area contributed by atoms with E-state index in [0.717, 1.165) is 17.7 Å². The minimum Gasteiger partial charge on any atom is -0.443 e. The van der Waals surface area contributed by atoms with Crippen LogP contribution in [-0.2, 0) is 6.54 Å². The molecule has 0 radical (unpaired) electrons. The van der Waals surface area contributed by atoms with Gasteiger partial charge in [0.05, 0.1) is 22.0 Å². The van der Waals surface area contributed by atoms with Gasteiger partial charge in [0.1, 0.15) is 12.0 Å². The molecule has 0 spiro atoms. The van der Waals surface area contributed by atoms with Crippen molar-refractivity contribution >= 4 is 28.6 Å². The molecule has 2 aromatic heterocycles. The molecule has 1 aliphatic rings. The fraction of sp³-hybridized carbons (Fsp3) is 0.222. The summed E-state index contributed by atoms with van der Waals surface area (Å²) in [5.74, 6) is 0.0946. The monoisotopic (exact) mass is 384 g/mol. The number of aromatic nitrogens is 1. The highest BCUT2D eigenvalue weighted by molar-refractivity contribution is 7.13. The number of thiophene rings is 1. The topological polar surface area (TPSA) is 110 Å². The third kappa shape index (κ3) is 3.98. The van der Waals surface area contributed by atoms with Crippen LogP contribution in [0.3, 0.4) is 0 Å². The van der Waals surface area contributed by atoms with E-state index in [0.29, 0.717) is 17.3 Å². The average Bonchev–Trinajstić information content (AvgIpc) is 3.13. The summed E-state index contributed by atoms with van der Waals surface area (Å²) in [6, 6.07) is 8.53. The Balaban J connectivity index is 1.43. The molecular weight excluding hydrogens is 368 g/mol. The summed E-state index contributed by atoms with van der Waals surface area (Å²) in [7, 11) is 0. The standard InChI is InChI=1S/C18H16N4O4S/c23-17(19-9-13-10-26-18(21-13)16-2-1-7-27-16)11-3-6-14(20-12-4-5-12)15(8-11)22(24)25/h1-3,6-8,10,12,20H,4-5,9H2,(H,19,23). The van der Waals surface area contributed by atoms with Gasteiger partial charge in [-0.2, -0.15) is 0 Å². The molecule has 0 atom stereocenters. The molecule has 2 N–H and O–H groups in total. The second-order valence-electron chi connectivity index (χ2n) is 6.21. The predicted molar refractivity (Wildman–Crippen MR) is 101 cm³/mol. The first-order valence-corrected chi connectivity index (χ1v) is 9.29. The van der Waals surface area contributed by atoms with Crippen LogP contribution in [0.4, 0.5) is 11.4 Å². The Bertz CT molecular complexity index is 979. The molecule has 1 aliphatic carbocycles. The van der Waals surface area contributed by atoms with Crippen LogP contribution in [0, 0.1) is 10.1 Å². The van der Waals surface area contributed by atoms with Gasteiger partial charge in [0.2, 0.25) is 5.89 Å². The maximum Gasteiger partial charge on any atom is 0.293 e. The molecule has 0 unspecified atom stereocenters. The molecule has 1 aromatic carbocycles. The molecule has 2 heterocycles. The molecule has 9 heteroatoms. The zero-order valence-corrected chi connectivity index (χ0v) is 15.0. The summed E-state index contributed by atoms with van der Waals surface area (Å²) in [5, 5.41) is 19.1. The number of nitrogens with one attached hydrogen (secondary N) is 2. The van der Waals surface area contributed by atoms with Crippen LogP contribution in [0.1, 0.15) is 28.9 Å². The van der Waals surface area contributed by atoms with Gasteiger partial charge in [-0.3, -0.25) is 14.9 Å². The molecule has 1 amide bonds. The lowest BCUT2D eigenvalue weighted by Crippen LogP contribution is -2.23. The smallest absolute Gasteiger partial charge is 0.293 e. The lowest BCUT2D eigenvalue weighted by molar-refractivity contribution is -0.384. The number of carbonyl (C=O) groups is 1. The van der Waals surface area contributed by atoms with Crippen LogP contribution in [0.15, 0.2) is 46.4 Å². The number of nitro groups is 1. The highest BCUT2D eigenvalue weighted by Crippen LogP contribution is 2.31. The fourth-order valence-electron chi connectivity index (χ4n) is 2.57. The number of rotatable bonds is 7. The molecule has 0 bridgehead atoms. The molecule has 4 rings (SSSR count). The summed E-state index contributed by atoms with van der Waals surface area (Å²) in [6.45, 7) is 0.170. The van der Waals surface area contributed by atoms with Crippen molar-refractivity contribution in [1.29, 1.82) is 0 Å². The summed E-state index contributed by atoms with van der Waals surface area (Å²) in [4.78, 5) is 28.4. The minimum atomic E-state index is -0.480. The summed E-state index contributed by atoms with van der Waals surface area (Å²) in [5.41, 5.74) is 1.14. The van der Waals surface area contributed by atoms with E-state index in [4.69, 9.17) is 4.42 Å². The maximum atomic E-state index is 12.4. The van der Waals surface area contributed by atoms with Gasteiger partial charge < -0.3 is 15.1 Å². The second kappa shape index (κ2) is 7.20. The van der Waals surface area contributed by atoms with E-state index < -0.39 is 10.8 Å². The number of carbonyl (C=O) groups excluding carboxylic acids is 1. The van der Waals surface area contributed by atoms with Crippen LogP contribution in [-0.4, -0.2) is 21.9 Å². The molecule has 27 heavy (non-hydrogen) atoms. The van der Waals surface area contributed by atoms with Gasteiger partial charge in [-0.1, -0.05) is 6.07 Å². The predicted octanol–water partition coefficient (Wildman–Crippen LogP) is 3.82. The minimum absolute atomic E-state index is 0.101. The van der Waals surface area contributed by atoms with E-state index in [1.165, 1.54) is 23.7 Å². The van der Waals surface area contributed by atoms with Crippen molar-refractivity contribution in [2.75, 3.05) is 5.32 Å². The lowest BCUT2D eigenvalue weighted by atomic mass is 10.1. The molecule has 1 fully saturated rings. The Morgan fingerprint density at radius 3 is 2.93 bits per heavy atom. The van der Waals surface area contributed by atoms with Crippen molar-refractivity contribution in [3.8, 4) is 10.8 Å². The second-order valence-corrected chi connectivity index (χ2v) is 7.16. The number of anilines is 1. The van der Waals surface area contributed by atoms with Gasteiger partial charge >= 0.3 is 0 Å². The number of nitrogens with zero attached hydrogens (tertiary/aromatic N) is 2. The van der Waals surface area contributed by atoms with E-state index in [1.54, 1.807) is 12.1 Å². The summed E-state index contributed by atoms with van der Waals surface area (Å²) >= 11 is 1.51. The van der Waals surface area contributed by atoms with Gasteiger partial charge in [0.15, 0.2) is 0 Å². The molecule has 8 nitrogen and oxygen atoms in total. The molecular formula is C18H16N4O4S. The first-order valence-electron chi connectivity index (χ1n) is 8.41. The lowest BCUT2D eigenvalue weighted by Gasteiger charge is -2.08. The van der Waals surface area contributed by atoms with Crippen LogP contribution in [0.25, 0.3) is 10.8 Å². The number of benzene rings is 1. The van der Waals surface area contributed by atoms with Crippen molar-refractivity contribution in [2.45, 2.75) is 25.4 Å². The zero-order chi connectivity index (χ0) is 18.8. The maximum absolute atomic E-state index is 12.4. The number of amides is 1.